The lowest BCUT2D eigenvalue weighted by Gasteiger charge is -2.39. The highest BCUT2D eigenvalue weighted by Crippen LogP contribution is 2.50. The lowest BCUT2D eigenvalue weighted by atomic mass is 9.69. The summed E-state index contributed by atoms with van der Waals surface area (Å²) in [6, 6.07) is 0. The highest BCUT2D eigenvalue weighted by molar-refractivity contribution is 5.10. The van der Waals surface area contributed by atoms with Gasteiger partial charge in [-0.1, -0.05) is 115 Å². The molecule has 7 nitrogen and oxygen atoms in total. The summed E-state index contributed by atoms with van der Waals surface area (Å²) in [4.78, 5) is 0. The second-order valence-corrected chi connectivity index (χ2v) is 26.9. The third-order valence-corrected chi connectivity index (χ3v) is 19.4. The summed E-state index contributed by atoms with van der Waals surface area (Å²) < 4.78 is 5.60. The topological polar surface area (TPSA) is 144 Å². The van der Waals surface area contributed by atoms with E-state index in [-0.39, 0.29) is 30.0 Å². The van der Waals surface area contributed by atoms with Crippen molar-refractivity contribution in [2.45, 2.75) is 280 Å². The summed E-state index contributed by atoms with van der Waals surface area (Å²) in [5, 5.41) is 49.2. The zero-order chi connectivity index (χ0) is 54.0. The Balaban J connectivity index is 0.000000836. The summed E-state index contributed by atoms with van der Waals surface area (Å²) in [6.45, 7) is 57.1. The van der Waals surface area contributed by atoms with Crippen molar-refractivity contribution in [3.63, 3.8) is 0 Å². The van der Waals surface area contributed by atoms with Crippen LogP contribution in [-0.4, -0.2) is 71.2 Å². The molecule has 0 amide bonds. The van der Waals surface area contributed by atoms with E-state index in [1.54, 1.807) is 0 Å². The first-order chi connectivity index (χ1) is 31.9. The highest BCUT2D eigenvalue weighted by Gasteiger charge is 2.55. The lowest BCUT2D eigenvalue weighted by Crippen LogP contribution is -2.38. The van der Waals surface area contributed by atoms with Crippen LogP contribution in [0.25, 0.3) is 0 Å². The van der Waals surface area contributed by atoms with E-state index in [1.807, 2.05) is 27.7 Å². The molecule has 7 heteroatoms. The van der Waals surface area contributed by atoms with Crippen LogP contribution in [0.15, 0.2) is 72.9 Å². The Labute approximate surface area is 446 Å². The fourth-order valence-corrected chi connectivity index (χ4v) is 11.6. The van der Waals surface area contributed by atoms with E-state index in [2.05, 4.69) is 123 Å². The molecule has 7 rings (SSSR count). The zero-order valence-electron chi connectivity index (χ0n) is 49.1. The van der Waals surface area contributed by atoms with Gasteiger partial charge in [0.25, 0.3) is 0 Å². The third-order valence-electron chi connectivity index (χ3n) is 19.4. The van der Waals surface area contributed by atoms with E-state index >= 15 is 0 Å². The van der Waals surface area contributed by atoms with Crippen LogP contribution in [-0.2, 0) is 4.74 Å². The number of fused-ring (bicyclic) bond motifs is 1. The number of epoxide rings is 1. The molecule has 0 aromatic rings. The first-order valence-corrected chi connectivity index (χ1v) is 28.0. The van der Waals surface area contributed by atoms with Crippen molar-refractivity contribution >= 4 is 0 Å². The molecule has 14 atom stereocenters. The van der Waals surface area contributed by atoms with Crippen LogP contribution in [0, 0.1) is 58.7 Å². The van der Waals surface area contributed by atoms with Gasteiger partial charge < -0.3 is 35.7 Å². The van der Waals surface area contributed by atoms with Crippen LogP contribution in [0.4, 0.5) is 0 Å². The van der Waals surface area contributed by atoms with Gasteiger partial charge in [-0.3, -0.25) is 0 Å². The van der Waals surface area contributed by atoms with Crippen LogP contribution in [0.1, 0.15) is 240 Å². The van der Waals surface area contributed by atoms with Gasteiger partial charge in [-0.05, 0) is 257 Å². The standard InChI is InChI=1S/4C11H20O.C10H16O.C10H18O.CH4.H2O/c1-8(2)9-5-6-11(3,4)10(12)7-9;3*1-8(2)10-5-6-11(4,12)9(3)7-10;1-7(2)8-4-5-10(3)9(6-8)11-10;1-8(2)9-4-6-10(3,11)7-5-9;;/h4*9-10,12H,1,5-7H2,2-4H3;8-9H,1,4-6H2,2-3H3;9,11H,1,4-7H2,2-3H3;1H4;1H2/p-1/t9-,10?;3*9-,10+,11-;8-,9?,10?;;;/m10001.../s1. The predicted octanol–water partition coefficient (Wildman–Crippen LogP) is 16.5. The zero-order valence-corrected chi connectivity index (χ0v) is 49.1. The van der Waals surface area contributed by atoms with E-state index < -0.39 is 22.4 Å². The Bertz CT molecular complexity index is 1550. The number of aliphatic hydroxyl groups excluding tert-OH is 1. The van der Waals surface area contributed by atoms with E-state index in [9.17, 15) is 25.5 Å². The molecule has 7 fully saturated rings. The molecular formula is C65H119O7-. The maximum atomic E-state index is 9.91. The molecule has 72 heavy (non-hydrogen) atoms. The van der Waals surface area contributed by atoms with Crippen molar-refractivity contribution < 1.29 is 35.7 Å². The van der Waals surface area contributed by atoms with E-state index in [0.717, 1.165) is 102 Å². The fourth-order valence-electron chi connectivity index (χ4n) is 11.6. The molecule has 7 aliphatic rings. The molecular weight excluding hydrogens is 893 g/mol. The Kier molecular flexibility index (Phi) is 28.3. The SMILES string of the molecule is C.C=C(C)C1CCC(C)(O)CC1.C=C(C)[C@@H]1CCC(C)(C)C(O)C1.C=C(C)[C@@H]1CCC2(C)OC2C1.C=C(C)[C@@H]1CC[C@](C)(O)[C@@H](C)C1.C=C(C)[C@@H]1CC[C@](C)(O)[C@@H](C)C1.C=C(C)[C@@H]1CC[C@](C)(O)[C@@H](C)C1.[OH-]. The van der Waals surface area contributed by atoms with Gasteiger partial charge in [0.05, 0.1) is 40.2 Å². The quantitative estimate of drug-likeness (QED) is 0.132. The number of aliphatic hydroxyl groups is 5. The van der Waals surface area contributed by atoms with E-state index in [0.29, 0.717) is 53.4 Å². The minimum Gasteiger partial charge on any atom is -0.870 e. The first kappa shape index (κ1) is 70.2. The van der Waals surface area contributed by atoms with Crippen LogP contribution in [0.3, 0.4) is 0 Å². The number of rotatable bonds is 6. The summed E-state index contributed by atoms with van der Waals surface area (Å²) in [5.74, 6) is 5.09. The monoisotopic (exact) mass is 1010 g/mol. The van der Waals surface area contributed by atoms with Gasteiger partial charge in [0.15, 0.2) is 0 Å². The molecule has 6 aliphatic carbocycles. The second-order valence-electron chi connectivity index (χ2n) is 26.9. The molecule has 0 aromatic heterocycles. The molecule has 1 heterocycles. The number of hydrogen-bond donors (Lipinski definition) is 5. The largest absolute Gasteiger partial charge is 0.870 e. The van der Waals surface area contributed by atoms with Crippen LogP contribution in [0.5, 0.6) is 0 Å². The van der Waals surface area contributed by atoms with Crippen molar-refractivity contribution in [2.75, 3.05) is 0 Å². The molecule has 3 unspecified atom stereocenters. The second kappa shape index (κ2) is 29.1. The Morgan fingerprint density at radius 1 is 0.403 bits per heavy atom. The summed E-state index contributed by atoms with van der Waals surface area (Å²) in [5.41, 5.74) is 6.34. The average Bonchev–Trinajstić information content (AvgIpc) is 3.93. The average molecular weight is 1010 g/mol. The van der Waals surface area contributed by atoms with Gasteiger partial charge in [0.2, 0.25) is 0 Å². The molecule has 0 bridgehead atoms. The maximum Gasteiger partial charge on any atom is 0.0920 e. The van der Waals surface area contributed by atoms with Gasteiger partial charge in [-0.15, -0.1) is 0 Å². The Morgan fingerprint density at radius 2 is 0.667 bits per heavy atom. The lowest BCUT2D eigenvalue weighted by molar-refractivity contribution is -0.0345. The molecule has 0 radical (unpaired) electrons. The molecule has 6 saturated carbocycles. The maximum absolute atomic E-state index is 9.91. The van der Waals surface area contributed by atoms with Crippen molar-refractivity contribution in [2.24, 2.45) is 58.7 Å². The van der Waals surface area contributed by atoms with Gasteiger partial charge in [-0.25, -0.2) is 0 Å². The number of ether oxygens (including phenoxy) is 1. The van der Waals surface area contributed by atoms with Crippen molar-refractivity contribution in [3.05, 3.63) is 72.9 Å². The van der Waals surface area contributed by atoms with Gasteiger partial charge in [0.1, 0.15) is 0 Å². The third kappa shape index (κ3) is 22.4. The normalized spacial score (nSPS) is 40.4. The predicted molar refractivity (Wildman–Crippen MR) is 309 cm³/mol. The summed E-state index contributed by atoms with van der Waals surface area (Å²) >= 11 is 0. The number of allylic oxidation sites excluding steroid dienone is 6. The van der Waals surface area contributed by atoms with Crippen molar-refractivity contribution in [1.82, 2.24) is 0 Å². The van der Waals surface area contributed by atoms with E-state index in [4.69, 9.17) is 4.74 Å². The van der Waals surface area contributed by atoms with Crippen LogP contribution >= 0.6 is 0 Å². The Hall–Kier alpha value is -1.84. The summed E-state index contributed by atoms with van der Waals surface area (Å²) in [6.07, 6.45) is 20.8. The summed E-state index contributed by atoms with van der Waals surface area (Å²) in [7, 11) is 0. The van der Waals surface area contributed by atoms with Gasteiger partial charge in [-0.2, -0.15) is 0 Å². The first-order valence-electron chi connectivity index (χ1n) is 28.0. The molecule has 1 saturated heterocycles. The number of hydrogen-bond acceptors (Lipinski definition) is 7. The van der Waals surface area contributed by atoms with Gasteiger partial charge in [0, 0.05) is 0 Å². The van der Waals surface area contributed by atoms with Crippen LogP contribution in [0.2, 0.25) is 0 Å². The fraction of sp³-hybridized carbons (Fsp3) is 0.815. The molecule has 1 aliphatic heterocycles. The van der Waals surface area contributed by atoms with Gasteiger partial charge >= 0.3 is 0 Å². The van der Waals surface area contributed by atoms with Crippen molar-refractivity contribution in [1.29, 1.82) is 0 Å². The smallest absolute Gasteiger partial charge is 0.0920 e. The highest BCUT2D eigenvalue weighted by atomic mass is 16.6. The molecule has 0 spiro atoms. The minimum atomic E-state index is -0.439. The molecule has 422 valence electrons. The Morgan fingerprint density at radius 3 is 0.944 bits per heavy atom. The van der Waals surface area contributed by atoms with E-state index in [1.165, 1.54) is 59.1 Å². The van der Waals surface area contributed by atoms with Crippen LogP contribution < -0.4 is 0 Å². The van der Waals surface area contributed by atoms with Crippen molar-refractivity contribution in [3.8, 4) is 0 Å². The molecule has 6 N–H and O–H groups in total. The minimum absolute atomic E-state index is 0. The molecule has 0 aromatic carbocycles.